The van der Waals surface area contributed by atoms with Gasteiger partial charge < -0.3 is 9.84 Å². The first kappa shape index (κ1) is 13.5. The van der Waals surface area contributed by atoms with Crippen molar-refractivity contribution in [3.63, 3.8) is 0 Å². The molecule has 1 aromatic rings. The smallest absolute Gasteiger partial charge is 0.310 e. The second-order valence-corrected chi connectivity index (χ2v) is 7.58. The maximum Gasteiger partial charge on any atom is 0.310 e. The van der Waals surface area contributed by atoms with Gasteiger partial charge in [0.15, 0.2) is 0 Å². The van der Waals surface area contributed by atoms with E-state index in [-0.39, 0.29) is 29.2 Å². The van der Waals surface area contributed by atoms with Crippen LogP contribution in [-0.2, 0) is 14.3 Å². The first-order valence-electron chi connectivity index (χ1n) is 6.92. The summed E-state index contributed by atoms with van der Waals surface area (Å²) in [5.41, 5.74) is 0. The average Bonchev–Trinajstić information content (AvgIpc) is 3.04. The monoisotopic (exact) mass is 324 g/mol. The summed E-state index contributed by atoms with van der Waals surface area (Å²) >= 11 is 7.49. The van der Waals surface area contributed by atoms with Gasteiger partial charge in [0.1, 0.15) is 6.10 Å². The minimum Gasteiger partial charge on any atom is -0.481 e. The minimum absolute atomic E-state index is 0.00891. The second kappa shape index (κ2) is 4.65. The number of benzene rings is 1. The Hall–Kier alpha value is -1.20. The summed E-state index contributed by atoms with van der Waals surface area (Å²) in [6, 6.07) is 7.47. The minimum atomic E-state index is -0.869. The number of carbonyl (C=O) groups excluding carboxylic acids is 1. The lowest BCUT2D eigenvalue weighted by atomic mass is 9.80. The summed E-state index contributed by atoms with van der Waals surface area (Å²) in [4.78, 5) is 24.5. The zero-order valence-corrected chi connectivity index (χ0v) is 12.5. The van der Waals surface area contributed by atoms with Crippen LogP contribution in [-0.4, -0.2) is 28.4 Å². The number of aliphatic carboxylic acids is 1. The van der Waals surface area contributed by atoms with E-state index in [9.17, 15) is 14.7 Å². The Morgan fingerprint density at radius 1 is 1.29 bits per heavy atom. The van der Waals surface area contributed by atoms with Crippen LogP contribution in [0.15, 0.2) is 29.2 Å². The molecule has 2 bridgehead atoms. The number of carboxylic acid groups (broad SMARTS) is 1. The number of carbonyl (C=O) groups is 2. The number of fused-ring (bicyclic) bond motifs is 1. The average molecular weight is 325 g/mol. The molecule has 1 saturated heterocycles. The van der Waals surface area contributed by atoms with Crippen LogP contribution in [0.3, 0.4) is 0 Å². The number of hydrogen-bond acceptors (Lipinski definition) is 4. The van der Waals surface area contributed by atoms with E-state index >= 15 is 0 Å². The van der Waals surface area contributed by atoms with E-state index in [1.54, 1.807) is 11.8 Å². The molecule has 6 heteroatoms. The molecule has 0 radical (unpaired) electrons. The number of halogens is 1. The lowest BCUT2D eigenvalue weighted by Gasteiger charge is -2.29. The standard InChI is InChI=1S/C15H13ClO4S/c16-6-1-3-7(4-2-6)21-13-9-5-8-11(10(9)14(17)18)15(19)20-12(8)13/h1-4,8-13H,5H2,(H,17,18)/t8-,9+,10-,11-,12+,13+/m0/s1. The van der Waals surface area contributed by atoms with E-state index in [2.05, 4.69) is 0 Å². The molecule has 3 aliphatic rings. The SMILES string of the molecule is O=C1O[C@@H]2[C@H]3C[C@@H]([C@H]2Sc2ccc(Cl)cc2)[C@H](C(=O)O)[C@@H]13. The fourth-order valence-electron chi connectivity index (χ4n) is 4.15. The summed E-state index contributed by atoms with van der Waals surface area (Å²) < 4.78 is 5.48. The van der Waals surface area contributed by atoms with Gasteiger partial charge in [0, 0.05) is 15.8 Å². The second-order valence-electron chi connectivity index (χ2n) is 5.89. The van der Waals surface area contributed by atoms with Gasteiger partial charge in [-0.25, -0.2) is 0 Å². The Morgan fingerprint density at radius 3 is 2.67 bits per heavy atom. The Morgan fingerprint density at radius 2 is 2.00 bits per heavy atom. The molecule has 6 atom stereocenters. The summed E-state index contributed by atoms with van der Waals surface area (Å²) in [6.45, 7) is 0. The fourth-order valence-corrected chi connectivity index (χ4v) is 5.73. The van der Waals surface area contributed by atoms with Crippen LogP contribution in [0, 0.1) is 23.7 Å². The van der Waals surface area contributed by atoms with Gasteiger partial charge in [-0.05, 0) is 36.6 Å². The highest BCUT2D eigenvalue weighted by Crippen LogP contribution is 2.61. The highest BCUT2D eigenvalue weighted by molar-refractivity contribution is 8.00. The van der Waals surface area contributed by atoms with Crippen molar-refractivity contribution < 1.29 is 19.4 Å². The number of esters is 1. The molecule has 21 heavy (non-hydrogen) atoms. The van der Waals surface area contributed by atoms with Crippen molar-refractivity contribution in [2.24, 2.45) is 23.7 Å². The van der Waals surface area contributed by atoms with Gasteiger partial charge in [0.25, 0.3) is 0 Å². The van der Waals surface area contributed by atoms with Crippen LogP contribution in [0.4, 0.5) is 0 Å². The van der Waals surface area contributed by atoms with Crippen LogP contribution < -0.4 is 0 Å². The van der Waals surface area contributed by atoms with Gasteiger partial charge in [-0.15, -0.1) is 11.8 Å². The van der Waals surface area contributed by atoms with Crippen molar-refractivity contribution in [3.05, 3.63) is 29.3 Å². The van der Waals surface area contributed by atoms with E-state index in [4.69, 9.17) is 16.3 Å². The first-order valence-corrected chi connectivity index (χ1v) is 8.17. The molecule has 2 aliphatic carbocycles. The van der Waals surface area contributed by atoms with E-state index in [0.29, 0.717) is 5.02 Å². The van der Waals surface area contributed by atoms with Crippen molar-refractivity contribution >= 4 is 35.3 Å². The van der Waals surface area contributed by atoms with Crippen LogP contribution in [0.5, 0.6) is 0 Å². The van der Waals surface area contributed by atoms with Crippen LogP contribution >= 0.6 is 23.4 Å². The van der Waals surface area contributed by atoms with Crippen molar-refractivity contribution in [3.8, 4) is 0 Å². The maximum atomic E-state index is 11.9. The number of hydrogen-bond donors (Lipinski definition) is 1. The molecule has 1 aliphatic heterocycles. The molecule has 1 N–H and O–H groups in total. The van der Waals surface area contributed by atoms with E-state index in [0.717, 1.165) is 11.3 Å². The molecular weight excluding hydrogens is 312 g/mol. The van der Waals surface area contributed by atoms with Crippen molar-refractivity contribution in [2.75, 3.05) is 0 Å². The topological polar surface area (TPSA) is 63.6 Å². The molecule has 4 nitrogen and oxygen atoms in total. The molecule has 0 amide bonds. The fraction of sp³-hybridized carbons (Fsp3) is 0.467. The third-order valence-electron chi connectivity index (χ3n) is 4.92. The van der Waals surface area contributed by atoms with Gasteiger partial charge in [-0.1, -0.05) is 11.6 Å². The highest BCUT2D eigenvalue weighted by atomic mass is 35.5. The lowest BCUT2D eigenvalue weighted by molar-refractivity contribution is -0.151. The van der Waals surface area contributed by atoms with Crippen LogP contribution in [0.25, 0.3) is 0 Å². The molecule has 4 rings (SSSR count). The summed E-state index contributed by atoms with van der Waals surface area (Å²) in [6.07, 6.45) is 0.646. The Kier molecular flexibility index (Phi) is 2.98. The maximum absolute atomic E-state index is 11.9. The molecular formula is C15H13ClO4S. The zero-order valence-electron chi connectivity index (χ0n) is 10.9. The Balaban J connectivity index is 1.63. The third kappa shape index (κ3) is 1.90. The largest absolute Gasteiger partial charge is 0.481 e. The number of carboxylic acids is 1. The molecule has 0 aromatic heterocycles. The van der Waals surface area contributed by atoms with Crippen LogP contribution in [0.2, 0.25) is 5.02 Å². The summed E-state index contributed by atoms with van der Waals surface area (Å²) in [5, 5.41) is 10.2. The van der Waals surface area contributed by atoms with Gasteiger partial charge >= 0.3 is 11.9 Å². The third-order valence-corrected chi connectivity index (χ3v) is 6.60. The lowest BCUT2D eigenvalue weighted by Crippen LogP contribution is -2.39. The molecule has 1 aromatic carbocycles. The molecule has 1 heterocycles. The predicted octanol–water partition coefficient (Wildman–Crippen LogP) is 2.69. The summed E-state index contributed by atoms with van der Waals surface area (Å²) in [7, 11) is 0. The quantitative estimate of drug-likeness (QED) is 0.866. The Labute approximate surface area is 130 Å². The van der Waals surface area contributed by atoms with Crippen molar-refractivity contribution in [1.29, 1.82) is 0 Å². The first-order chi connectivity index (χ1) is 10.1. The van der Waals surface area contributed by atoms with Crippen molar-refractivity contribution in [1.82, 2.24) is 0 Å². The van der Waals surface area contributed by atoms with E-state index in [1.807, 2.05) is 24.3 Å². The molecule has 3 fully saturated rings. The molecule has 0 unspecified atom stereocenters. The normalized spacial score (nSPS) is 39.6. The summed E-state index contributed by atoms with van der Waals surface area (Å²) in [5.74, 6) is -2.13. The Bertz CT molecular complexity index is 617. The molecule has 2 saturated carbocycles. The highest BCUT2D eigenvalue weighted by Gasteiger charge is 2.68. The zero-order chi connectivity index (χ0) is 14.7. The van der Waals surface area contributed by atoms with Gasteiger partial charge in [-0.3, -0.25) is 9.59 Å². The van der Waals surface area contributed by atoms with Gasteiger partial charge in [0.05, 0.1) is 17.1 Å². The van der Waals surface area contributed by atoms with Gasteiger partial charge in [-0.2, -0.15) is 0 Å². The molecule has 110 valence electrons. The van der Waals surface area contributed by atoms with E-state index < -0.39 is 17.8 Å². The van der Waals surface area contributed by atoms with E-state index in [1.165, 1.54) is 0 Å². The molecule has 0 spiro atoms. The van der Waals surface area contributed by atoms with Crippen LogP contribution in [0.1, 0.15) is 6.42 Å². The number of thioether (sulfide) groups is 1. The number of ether oxygens (including phenoxy) is 1. The number of rotatable bonds is 3. The van der Waals surface area contributed by atoms with Crippen molar-refractivity contribution in [2.45, 2.75) is 22.7 Å². The predicted molar refractivity (Wildman–Crippen MR) is 77.2 cm³/mol. The van der Waals surface area contributed by atoms with Gasteiger partial charge in [0.2, 0.25) is 0 Å².